The van der Waals surface area contributed by atoms with Crippen LogP contribution in [0.25, 0.3) is 0 Å². The molecular formula is C9H9FO2S. The first-order chi connectivity index (χ1) is 6.07. The Morgan fingerprint density at radius 3 is 2.00 bits per heavy atom. The van der Waals surface area contributed by atoms with E-state index >= 15 is 0 Å². The summed E-state index contributed by atoms with van der Waals surface area (Å²) < 4.78 is 33.9. The van der Waals surface area contributed by atoms with Crippen molar-refractivity contribution in [2.24, 2.45) is 0 Å². The number of hydrogen-bond acceptors (Lipinski definition) is 2. The minimum absolute atomic E-state index is 0.314. The van der Waals surface area contributed by atoms with Crippen molar-refractivity contribution in [1.82, 2.24) is 0 Å². The second-order valence-electron chi connectivity index (χ2n) is 3.27. The summed E-state index contributed by atoms with van der Waals surface area (Å²) in [6, 6.07) is 7.37. The molecule has 0 atom stereocenters. The second kappa shape index (κ2) is 2.80. The van der Waals surface area contributed by atoms with E-state index in [9.17, 15) is 12.3 Å². The molecule has 2 nitrogen and oxygen atoms in total. The first kappa shape index (κ1) is 8.69. The van der Waals surface area contributed by atoms with Gasteiger partial charge in [0.15, 0.2) is 0 Å². The first-order valence-electron chi connectivity index (χ1n) is 4.07. The maximum atomic E-state index is 12.6. The van der Waals surface area contributed by atoms with E-state index in [1.54, 1.807) is 0 Å². The van der Waals surface area contributed by atoms with Gasteiger partial charge in [0.25, 0.3) is 0 Å². The zero-order valence-electron chi connectivity index (χ0n) is 6.90. The SMILES string of the molecule is O=S(=O)(F)C1Cc2ccccc2C1. The molecule has 0 aromatic heterocycles. The Labute approximate surface area is 76.6 Å². The van der Waals surface area contributed by atoms with Crippen molar-refractivity contribution < 1.29 is 12.3 Å². The number of benzene rings is 1. The molecule has 4 heteroatoms. The fourth-order valence-electron chi connectivity index (χ4n) is 1.72. The van der Waals surface area contributed by atoms with Crippen LogP contribution in [-0.2, 0) is 23.1 Å². The second-order valence-corrected chi connectivity index (χ2v) is 4.89. The maximum absolute atomic E-state index is 12.6. The molecule has 0 amide bonds. The van der Waals surface area contributed by atoms with E-state index < -0.39 is 15.5 Å². The quantitative estimate of drug-likeness (QED) is 0.643. The highest BCUT2D eigenvalue weighted by Gasteiger charge is 2.31. The normalized spacial score (nSPS) is 17.3. The van der Waals surface area contributed by atoms with Crippen molar-refractivity contribution in [2.75, 3.05) is 0 Å². The minimum atomic E-state index is -4.37. The molecule has 0 saturated heterocycles. The lowest BCUT2D eigenvalue weighted by Crippen LogP contribution is -2.16. The molecule has 0 aliphatic heterocycles. The molecule has 0 heterocycles. The third-order valence-electron chi connectivity index (χ3n) is 2.41. The summed E-state index contributed by atoms with van der Waals surface area (Å²) in [5.74, 6) is 0. The Balaban J connectivity index is 2.33. The van der Waals surface area contributed by atoms with Gasteiger partial charge in [0.05, 0.1) is 5.25 Å². The van der Waals surface area contributed by atoms with Crippen molar-refractivity contribution in [3.05, 3.63) is 35.4 Å². The third-order valence-corrected chi connectivity index (χ3v) is 3.54. The molecular weight excluding hydrogens is 191 g/mol. The number of fused-ring (bicyclic) bond motifs is 1. The van der Waals surface area contributed by atoms with Gasteiger partial charge in [-0.2, -0.15) is 8.42 Å². The first-order valence-corrected chi connectivity index (χ1v) is 5.52. The van der Waals surface area contributed by atoms with Crippen molar-refractivity contribution in [1.29, 1.82) is 0 Å². The molecule has 0 spiro atoms. The van der Waals surface area contributed by atoms with Gasteiger partial charge in [0, 0.05) is 0 Å². The van der Waals surface area contributed by atoms with E-state index in [0.29, 0.717) is 12.8 Å². The Morgan fingerprint density at radius 1 is 1.15 bits per heavy atom. The molecule has 2 rings (SSSR count). The lowest BCUT2D eigenvalue weighted by Gasteiger charge is -2.00. The summed E-state index contributed by atoms with van der Waals surface area (Å²) in [5, 5.41) is -0.857. The van der Waals surface area contributed by atoms with Crippen LogP contribution in [0.5, 0.6) is 0 Å². The molecule has 0 saturated carbocycles. The van der Waals surface area contributed by atoms with Crippen LogP contribution in [-0.4, -0.2) is 13.7 Å². The highest BCUT2D eigenvalue weighted by Crippen LogP contribution is 2.26. The molecule has 0 bridgehead atoms. The van der Waals surface area contributed by atoms with Crippen LogP contribution in [0.3, 0.4) is 0 Å². The van der Waals surface area contributed by atoms with Crippen molar-refractivity contribution in [3.63, 3.8) is 0 Å². The predicted molar refractivity (Wildman–Crippen MR) is 47.7 cm³/mol. The van der Waals surface area contributed by atoms with Gasteiger partial charge in [-0.15, -0.1) is 3.89 Å². The monoisotopic (exact) mass is 200 g/mol. The lowest BCUT2D eigenvalue weighted by molar-refractivity contribution is 0.535. The molecule has 0 radical (unpaired) electrons. The Kier molecular flexibility index (Phi) is 1.87. The van der Waals surface area contributed by atoms with E-state index in [4.69, 9.17) is 0 Å². The van der Waals surface area contributed by atoms with Crippen molar-refractivity contribution >= 4 is 10.2 Å². The zero-order chi connectivity index (χ0) is 9.47. The predicted octanol–water partition coefficient (Wildman–Crippen LogP) is 1.45. The van der Waals surface area contributed by atoms with Crippen LogP contribution in [0.1, 0.15) is 11.1 Å². The number of hydrogen-bond donors (Lipinski definition) is 0. The molecule has 0 N–H and O–H groups in total. The lowest BCUT2D eigenvalue weighted by atomic mass is 10.1. The van der Waals surface area contributed by atoms with Gasteiger partial charge < -0.3 is 0 Å². The zero-order valence-corrected chi connectivity index (χ0v) is 7.72. The largest absolute Gasteiger partial charge is 0.305 e. The highest BCUT2D eigenvalue weighted by atomic mass is 32.3. The topological polar surface area (TPSA) is 34.1 Å². The number of halogens is 1. The van der Waals surface area contributed by atoms with E-state index in [1.807, 2.05) is 24.3 Å². The van der Waals surface area contributed by atoms with Crippen molar-refractivity contribution in [3.8, 4) is 0 Å². The van der Waals surface area contributed by atoms with Crippen LogP contribution in [0.4, 0.5) is 3.89 Å². The molecule has 1 aliphatic carbocycles. The van der Waals surface area contributed by atoms with Gasteiger partial charge in [-0.3, -0.25) is 0 Å². The molecule has 13 heavy (non-hydrogen) atoms. The Bertz CT molecular complexity index is 400. The van der Waals surface area contributed by atoms with Crippen LogP contribution in [0.15, 0.2) is 24.3 Å². The van der Waals surface area contributed by atoms with Gasteiger partial charge in [0.2, 0.25) is 0 Å². The summed E-state index contributed by atoms with van der Waals surface area (Å²) in [5.41, 5.74) is 1.91. The molecule has 70 valence electrons. The van der Waals surface area contributed by atoms with E-state index in [-0.39, 0.29) is 0 Å². The smallest absolute Gasteiger partial charge is 0.195 e. The van der Waals surface area contributed by atoms with Crippen LogP contribution >= 0.6 is 0 Å². The molecule has 1 aromatic rings. The molecule has 1 aliphatic rings. The van der Waals surface area contributed by atoms with Crippen LogP contribution in [0, 0.1) is 0 Å². The van der Waals surface area contributed by atoms with Crippen LogP contribution in [0.2, 0.25) is 0 Å². The van der Waals surface area contributed by atoms with Crippen LogP contribution < -0.4 is 0 Å². The number of rotatable bonds is 1. The molecule has 1 aromatic carbocycles. The summed E-state index contributed by atoms with van der Waals surface area (Å²) in [6.45, 7) is 0. The summed E-state index contributed by atoms with van der Waals surface area (Å²) in [6.07, 6.45) is 0.629. The van der Waals surface area contributed by atoms with E-state index in [1.165, 1.54) is 0 Å². The van der Waals surface area contributed by atoms with Crippen molar-refractivity contribution in [2.45, 2.75) is 18.1 Å². The van der Waals surface area contributed by atoms with Gasteiger partial charge in [-0.1, -0.05) is 24.3 Å². The summed E-state index contributed by atoms with van der Waals surface area (Å²) >= 11 is 0. The molecule has 0 fully saturated rings. The summed E-state index contributed by atoms with van der Waals surface area (Å²) in [7, 11) is -4.37. The highest BCUT2D eigenvalue weighted by molar-refractivity contribution is 7.87. The van der Waals surface area contributed by atoms with Gasteiger partial charge in [-0.25, -0.2) is 0 Å². The third kappa shape index (κ3) is 1.58. The van der Waals surface area contributed by atoms with Gasteiger partial charge in [-0.05, 0) is 24.0 Å². The fraction of sp³-hybridized carbons (Fsp3) is 0.333. The molecule has 0 unspecified atom stereocenters. The standard InChI is InChI=1S/C9H9FO2S/c10-13(11,12)9-5-7-3-1-2-4-8(7)6-9/h1-4,9H,5-6H2. The fourth-order valence-corrected chi connectivity index (χ4v) is 2.47. The Hall–Kier alpha value is -0.900. The maximum Gasteiger partial charge on any atom is 0.305 e. The average Bonchev–Trinajstić information content (AvgIpc) is 2.45. The van der Waals surface area contributed by atoms with E-state index in [0.717, 1.165) is 11.1 Å². The average molecular weight is 200 g/mol. The Morgan fingerprint density at radius 2 is 1.62 bits per heavy atom. The summed E-state index contributed by atoms with van der Waals surface area (Å²) in [4.78, 5) is 0. The minimum Gasteiger partial charge on any atom is -0.195 e. The van der Waals surface area contributed by atoms with E-state index in [2.05, 4.69) is 0 Å². The van der Waals surface area contributed by atoms with Gasteiger partial charge in [0.1, 0.15) is 0 Å². The van der Waals surface area contributed by atoms with Gasteiger partial charge >= 0.3 is 10.2 Å².